The third-order valence-corrected chi connectivity index (χ3v) is 2.76. The molecule has 0 aliphatic carbocycles. The normalized spacial score (nSPS) is 10.4. The highest BCUT2D eigenvalue weighted by molar-refractivity contribution is 5.94. The predicted molar refractivity (Wildman–Crippen MR) is 74.9 cm³/mol. The van der Waals surface area contributed by atoms with E-state index in [0.717, 1.165) is 11.1 Å². The molecule has 0 saturated carbocycles. The lowest BCUT2D eigenvalue weighted by molar-refractivity contribution is 0.0952. The molecular weight excluding hydrogens is 240 g/mol. The number of nitrogens with zero attached hydrogens (tertiary/aromatic N) is 2. The Morgan fingerprint density at radius 3 is 2.58 bits per heavy atom. The second-order valence-corrected chi connectivity index (χ2v) is 4.67. The average Bonchev–Trinajstić information content (AvgIpc) is 2.73. The Hall–Kier alpha value is -2.30. The van der Waals surface area contributed by atoms with Gasteiger partial charge in [0.15, 0.2) is 0 Å². The fraction of sp³-hybridized carbons (Fsp3) is 0.286. The maximum atomic E-state index is 12.0. The number of carbonyl (C=O) groups excluding carboxylic acids is 1. The Morgan fingerprint density at radius 1 is 1.32 bits per heavy atom. The molecule has 1 amide bonds. The average molecular weight is 258 g/mol. The molecule has 0 radical (unpaired) electrons. The highest BCUT2D eigenvalue weighted by Gasteiger charge is 2.06. The second kappa shape index (κ2) is 5.56. The van der Waals surface area contributed by atoms with E-state index in [1.165, 1.54) is 0 Å². The molecule has 0 atom stereocenters. The molecule has 5 heteroatoms. The lowest BCUT2D eigenvalue weighted by Gasteiger charge is -2.07. The number of hydrogen-bond donors (Lipinski definition) is 2. The lowest BCUT2D eigenvalue weighted by Crippen LogP contribution is -2.27. The van der Waals surface area contributed by atoms with Gasteiger partial charge >= 0.3 is 0 Å². The SMILES string of the molecule is Cc1cc(C)cc(C(=O)NCCn2cc(N)cn2)c1. The number of aromatic nitrogens is 2. The lowest BCUT2D eigenvalue weighted by atomic mass is 10.1. The number of anilines is 1. The maximum Gasteiger partial charge on any atom is 0.251 e. The summed E-state index contributed by atoms with van der Waals surface area (Å²) in [5.41, 5.74) is 9.06. The number of hydrogen-bond acceptors (Lipinski definition) is 3. The van der Waals surface area contributed by atoms with Crippen LogP contribution in [0.5, 0.6) is 0 Å². The van der Waals surface area contributed by atoms with Crippen molar-refractivity contribution in [2.75, 3.05) is 12.3 Å². The monoisotopic (exact) mass is 258 g/mol. The van der Waals surface area contributed by atoms with Crippen LogP contribution >= 0.6 is 0 Å². The van der Waals surface area contributed by atoms with Crippen LogP contribution in [0, 0.1) is 13.8 Å². The summed E-state index contributed by atoms with van der Waals surface area (Å²) in [4.78, 5) is 12.0. The van der Waals surface area contributed by atoms with E-state index in [2.05, 4.69) is 10.4 Å². The zero-order valence-corrected chi connectivity index (χ0v) is 11.2. The first kappa shape index (κ1) is 13.1. The molecular formula is C14H18N4O. The highest BCUT2D eigenvalue weighted by Crippen LogP contribution is 2.08. The third-order valence-electron chi connectivity index (χ3n) is 2.76. The molecule has 0 unspecified atom stereocenters. The van der Waals surface area contributed by atoms with Gasteiger partial charge in [-0.15, -0.1) is 0 Å². The van der Waals surface area contributed by atoms with Crippen LogP contribution in [0.3, 0.4) is 0 Å². The smallest absolute Gasteiger partial charge is 0.251 e. The number of rotatable bonds is 4. The van der Waals surface area contributed by atoms with Crippen LogP contribution in [-0.4, -0.2) is 22.2 Å². The van der Waals surface area contributed by atoms with Gasteiger partial charge in [-0.2, -0.15) is 5.10 Å². The van der Waals surface area contributed by atoms with Gasteiger partial charge in [-0.05, 0) is 26.0 Å². The summed E-state index contributed by atoms with van der Waals surface area (Å²) in [6.45, 7) is 5.09. The van der Waals surface area contributed by atoms with Gasteiger partial charge < -0.3 is 11.1 Å². The van der Waals surface area contributed by atoms with Gasteiger partial charge in [0.2, 0.25) is 0 Å². The van der Waals surface area contributed by atoms with Crippen LogP contribution in [0.15, 0.2) is 30.6 Å². The molecule has 2 rings (SSSR count). The van der Waals surface area contributed by atoms with Gasteiger partial charge in [0, 0.05) is 18.3 Å². The van der Waals surface area contributed by atoms with Crippen LogP contribution in [0.1, 0.15) is 21.5 Å². The van der Waals surface area contributed by atoms with Crippen LogP contribution < -0.4 is 11.1 Å². The molecule has 0 fully saturated rings. The summed E-state index contributed by atoms with van der Waals surface area (Å²) in [5, 5.41) is 6.92. The molecule has 0 bridgehead atoms. The van der Waals surface area contributed by atoms with Crippen LogP contribution in [0.4, 0.5) is 5.69 Å². The molecule has 1 heterocycles. The van der Waals surface area contributed by atoms with E-state index >= 15 is 0 Å². The predicted octanol–water partition coefficient (Wildman–Crippen LogP) is 1.51. The van der Waals surface area contributed by atoms with E-state index in [9.17, 15) is 4.79 Å². The van der Waals surface area contributed by atoms with Gasteiger partial charge in [0.1, 0.15) is 0 Å². The third kappa shape index (κ3) is 3.58. The molecule has 19 heavy (non-hydrogen) atoms. The molecule has 2 aromatic rings. The number of nitrogens with one attached hydrogen (secondary N) is 1. The zero-order valence-electron chi connectivity index (χ0n) is 11.2. The summed E-state index contributed by atoms with van der Waals surface area (Å²) in [6, 6.07) is 5.81. The Balaban J connectivity index is 1.90. The van der Waals surface area contributed by atoms with Gasteiger partial charge in [0.05, 0.1) is 18.4 Å². The molecule has 1 aromatic heterocycles. The molecule has 0 aliphatic rings. The number of benzene rings is 1. The minimum atomic E-state index is -0.0630. The number of amides is 1. The van der Waals surface area contributed by atoms with Gasteiger partial charge in [0.25, 0.3) is 5.91 Å². The van der Waals surface area contributed by atoms with Gasteiger partial charge in [-0.1, -0.05) is 17.2 Å². The molecule has 5 nitrogen and oxygen atoms in total. The van der Waals surface area contributed by atoms with E-state index in [1.54, 1.807) is 17.1 Å². The first-order valence-electron chi connectivity index (χ1n) is 6.19. The molecule has 3 N–H and O–H groups in total. The van der Waals surface area contributed by atoms with Crippen molar-refractivity contribution < 1.29 is 4.79 Å². The number of nitrogen functional groups attached to an aromatic ring is 1. The first-order valence-corrected chi connectivity index (χ1v) is 6.19. The summed E-state index contributed by atoms with van der Waals surface area (Å²) >= 11 is 0. The summed E-state index contributed by atoms with van der Waals surface area (Å²) in [5.74, 6) is -0.0630. The van der Waals surface area contributed by atoms with Crippen LogP contribution in [-0.2, 0) is 6.54 Å². The quantitative estimate of drug-likeness (QED) is 0.873. The van der Waals surface area contributed by atoms with Gasteiger partial charge in [-0.25, -0.2) is 0 Å². The van der Waals surface area contributed by atoms with Crippen molar-refractivity contribution >= 4 is 11.6 Å². The maximum absolute atomic E-state index is 12.0. The summed E-state index contributed by atoms with van der Waals surface area (Å²) in [6.07, 6.45) is 3.33. The largest absolute Gasteiger partial charge is 0.396 e. The highest BCUT2D eigenvalue weighted by atomic mass is 16.1. The zero-order chi connectivity index (χ0) is 13.8. The fourth-order valence-corrected chi connectivity index (χ4v) is 1.99. The number of nitrogens with two attached hydrogens (primary N) is 1. The van der Waals surface area contributed by atoms with Crippen molar-refractivity contribution in [2.45, 2.75) is 20.4 Å². The molecule has 0 spiro atoms. The Labute approximate surface area is 112 Å². The van der Waals surface area contributed by atoms with Crippen molar-refractivity contribution in [3.8, 4) is 0 Å². The number of carbonyl (C=O) groups is 1. The van der Waals surface area contributed by atoms with Crippen LogP contribution in [0.25, 0.3) is 0 Å². The standard InChI is InChI=1S/C14H18N4O/c1-10-5-11(2)7-12(6-10)14(19)16-3-4-18-9-13(15)8-17-18/h5-9H,3-4,15H2,1-2H3,(H,16,19). The van der Waals surface area contributed by atoms with Crippen molar-refractivity contribution in [3.63, 3.8) is 0 Å². The molecule has 100 valence electrons. The first-order chi connectivity index (χ1) is 9.04. The minimum absolute atomic E-state index is 0.0630. The Kier molecular flexibility index (Phi) is 3.85. The van der Waals surface area contributed by atoms with E-state index in [1.807, 2.05) is 32.0 Å². The van der Waals surface area contributed by atoms with E-state index in [4.69, 9.17) is 5.73 Å². The molecule has 0 saturated heterocycles. The molecule has 0 aliphatic heterocycles. The van der Waals surface area contributed by atoms with Crippen LogP contribution in [0.2, 0.25) is 0 Å². The topological polar surface area (TPSA) is 72.9 Å². The summed E-state index contributed by atoms with van der Waals surface area (Å²) < 4.78 is 1.71. The van der Waals surface area contributed by atoms with Crippen molar-refractivity contribution in [1.82, 2.24) is 15.1 Å². The van der Waals surface area contributed by atoms with Gasteiger partial charge in [-0.3, -0.25) is 9.48 Å². The Bertz CT molecular complexity index is 569. The fourth-order valence-electron chi connectivity index (χ4n) is 1.99. The Morgan fingerprint density at radius 2 is 2.00 bits per heavy atom. The summed E-state index contributed by atoms with van der Waals surface area (Å²) in [7, 11) is 0. The minimum Gasteiger partial charge on any atom is -0.396 e. The van der Waals surface area contributed by atoms with Crippen molar-refractivity contribution in [2.24, 2.45) is 0 Å². The number of aryl methyl sites for hydroxylation is 2. The van der Waals surface area contributed by atoms with Crippen molar-refractivity contribution in [3.05, 3.63) is 47.3 Å². The molecule has 1 aromatic carbocycles. The van der Waals surface area contributed by atoms with E-state index < -0.39 is 0 Å². The second-order valence-electron chi connectivity index (χ2n) is 4.67. The van der Waals surface area contributed by atoms with E-state index in [0.29, 0.717) is 24.3 Å². The van der Waals surface area contributed by atoms with Crippen molar-refractivity contribution in [1.29, 1.82) is 0 Å². The van der Waals surface area contributed by atoms with E-state index in [-0.39, 0.29) is 5.91 Å².